The molecule has 0 bridgehead atoms. The van der Waals surface area contributed by atoms with Crippen LogP contribution in [0.2, 0.25) is 0 Å². The summed E-state index contributed by atoms with van der Waals surface area (Å²) < 4.78 is 10.6. The Hall–Kier alpha value is -4.11. The summed E-state index contributed by atoms with van der Waals surface area (Å²) >= 11 is 0. The molecule has 0 fully saturated rings. The van der Waals surface area contributed by atoms with E-state index in [1.807, 2.05) is 48.5 Å². The molecule has 0 radical (unpaired) electrons. The first-order valence-electron chi connectivity index (χ1n) is 8.87. The largest absolute Gasteiger partial charge is 0.497 e. The number of ether oxygens (including phenoxy) is 2. The summed E-state index contributed by atoms with van der Waals surface area (Å²) in [6.07, 6.45) is 1.53. The van der Waals surface area contributed by atoms with Gasteiger partial charge in [0.2, 0.25) is 0 Å². The van der Waals surface area contributed by atoms with Gasteiger partial charge in [0, 0.05) is 0 Å². The van der Waals surface area contributed by atoms with Crippen molar-refractivity contribution in [2.45, 2.75) is 0 Å². The molecule has 0 saturated carbocycles. The van der Waals surface area contributed by atoms with E-state index in [-0.39, 0.29) is 12.5 Å². The smallest absolute Gasteiger partial charge is 0.277 e. The maximum absolute atomic E-state index is 11.9. The first-order valence-corrected chi connectivity index (χ1v) is 8.87. The van der Waals surface area contributed by atoms with Gasteiger partial charge in [0.25, 0.3) is 5.91 Å². The quantitative estimate of drug-likeness (QED) is 0.496. The SMILES string of the molecule is COc1cccc(/C=N/NC(=O)COc2ccc(-c3ccc(C#N)cc3)cc2)c1. The van der Waals surface area contributed by atoms with E-state index >= 15 is 0 Å². The van der Waals surface area contributed by atoms with E-state index in [9.17, 15) is 4.79 Å². The van der Waals surface area contributed by atoms with Crippen LogP contribution in [0.25, 0.3) is 11.1 Å². The van der Waals surface area contributed by atoms with E-state index in [2.05, 4.69) is 16.6 Å². The average Bonchev–Trinajstić information content (AvgIpc) is 2.78. The lowest BCUT2D eigenvalue weighted by Crippen LogP contribution is -2.24. The number of nitrogens with zero attached hydrogens (tertiary/aromatic N) is 2. The molecule has 0 atom stereocenters. The molecule has 1 amide bonds. The Morgan fingerprint density at radius 2 is 1.72 bits per heavy atom. The number of nitrogens with one attached hydrogen (secondary N) is 1. The van der Waals surface area contributed by atoms with Gasteiger partial charge in [-0.1, -0.05) is 36.4 Å². The number of carbonyl (C=O) groups excluding carboxylic acids is 1. The highest BCUT2D eigenvalue weighted by Crippen LogP contribution is 2.22. The normalized spacial score (nSPS) is 10.3. The Morgan fingerprint density at radius 1 is 1.03 bits per heavy atom. The molecule has 0 aliphatic carbocycles. The maximum atomic E-state index is 11.9. The monoisotopic (exact) mass is 385 g/mol. The summed E-state index contributed by atoms with van der Waals surface area (Å²) in [7, 11) is 1.59. The fraction of sp³-hybridized carbons (Fsp3) is 0.0870. The fourth-order valence-electron chi connectivity index (χ4n) is 2.56. The number of hydrogen-bond donors (Lipinski definition) is 1. The number of carbonyl (C=O) groups is 1. The lowest BCUT2D eigenvalue weighted by molar-refractivity contribution is -0.123. The van der Waals surface area contributed by atoms with Crippen molar-refractivity contribution in [1.82, 2.24) is 5.43 Å². The van der Waals surface area contributed by atoms with Gasteiger partial charge < -0.3 is 9.47 Å². The van der Waals surface area contributed by atoms with Gasteiger partial charge in [-0.3, -0.25) is 4.79 Å². The summed E-state index contributed by atoms with van der Waals surface area (Å²) in [6, 6.07) is 24.1. The zero-order chi connectivity index (χ0) is 20.5. The lowest BCUT2D eigenvalue weighted by atomic mass is 10.0. The average molecular weight is 385 g/mol. The zero-order valence-electron chi connectivity index (χ0n) is 15.8. The van der Waals surface area contributed by atoms with Crippen LogP contribution in [0.3, 0.4) is 0 Å². The molecule has 0 saturated heterocycles. The Bertz CT molecular complexity index is 1040. The number of benzene rings is 3. The van der Waals surface area contributed by atoms with Crippen molar-refractivity contribution in [3.63, 3.8) is 0 Å². The minimum absolute atomic E-state index is 0.147. The van der Waals surface area contributed by atoms with E-state index in [4.69, 9.17) is 14.7 Å². The van der Waals surface area contributed by atoms with Crippen molar-refractivity contribution in [2.75, 3.05) is 13.7 Å². The van der Waals surface area contributed by atoms with Crippen LogP contribution in [-0.4, -0.2) is 25.8 Å². The highest BCUT2D eigenvalue weighted by Gasteiger charge is 2.03. The summed E-state index contributed by atoms with van der Waals surface area (Å²) in [4.78, 5) is 11.9. The minimum atomic E-state index is -0.361. The van der Waals surface area contributed by atoms with Crippen molar-refractivity contribution < 1.29 is 14.3 Å². The number of nitriles is 1. The van der Waals surface area contributed by atoms with Gasteiger partial charge in [0.05, 0.1) is 25.0 Å². The van der Waals surface area contributed by atoms with Crippen molar-refractivity contribution in [2.24, 2.45) is 5.10 Å². The first kappa shape index (κ1) is 19.6. The highest BCUT2D eigenvalue weighted by molar-refractivity contribution is 5.83. The molecule has 6 nitrogen and oxygen atoms in total. The van der Waals surface area contributed by atoms with Gasteiger partial charge in [-0.15, -0.1) is 0 Å². The van der Waals surface area contributed by atoms with Gasteiger partial charge in [-0.05, 0) is 53.1 Å². The molecule has 3 aromatic rings. The predicted octanol–water partition coefficient (Wildman–Crippen LogP) is 3.76. The summed E-state index contributed by atoms with van der Waals surface area (Å²) in [5.74, 6) is 0.933. The van der Waals surface area contributed by atoms with Crippen molar-refractivity contribution in [1.29, 1.82) is 5.26 Å². The zero-order valence-corrected chi connectivity index (χ0v) is 15.8. The van der Waals surface area contributed by atoms with E-state index < -0.39 is 0 Å². The molecule has 0 aliphatic rings. The number of methoxy groups -OCH3 is 1. The molecule has 144 valence electrons. The first-order chi connectivity index (χ1) is 14.2. The van der Waals surface area contributed by atoms with Gasteiger partial charge in [0.15, 0.2) is 6.61 Å². The minimum Gasteiger partial charge on any atom is -0.497 e. The van der Waals surface area contributed by atoms with Crippen LogP contribution < -0.4 is 14.9 Å². The molecule has 0 aliphatic heterocycles. The molecule has 1 N–H and O–H groups in total. The Morgan fingerprint density at radius 3 is 2.38 bits per heavy atom. The van der Waals surface area contributed by atoms with Crippen molar-refractivity contribution >= 4 is 12.1 Å². The molecular formula is C23H19N3O3. The van der Waals surface area contributed by atoms with Gasteiger partial charge in [-0.25, -0.2) is 5.43 Å². The van der Waals surface area contributed by atoms with Crippen molar-refractivity contribution in [3.05, 3.63) is 83.9 Å². The Kier molecular flexibility index (Phi) is 6.58. The summed E-state index contributed by atoms with van der Waals surface area (Å²) in [5, 5.41) is 12.8. The van der Waals surface area contributed by atoms with Crippen LogP contribution in [0.15, 0.2) is 77.9 Å². The molecule has 0 heterocycles. The summed E-state index contributed by atoms with van der Waals surface area (Å²) in [6.45, 7) is -0.147. The van der Waals surface area contributed by atoms with Gasteiger partial charge >= 0.3 is 0 Å². The second-order valence-electron chi connectivity index (χ2n) is 6.07. The second-order valence-corrected chi connectivity index (χ2v) is 6.07. The molecule has 0 spiro atoms. The second kappa shape index (κ2) is 9.72. The number of hydrazone groups is 1. The highest BCUT2D eigenvalue weighted by atomic mass is 16.5. The van der Waals surface area contributed by atoms with Crippen LogP contribution in [0.1, 0.15) is 11.1 Å². The molecule has 3 rings (SSSR count). The van der Waals surface area contributed by atoms with Crippen LogP contribution in [0, 0.1) is 11.3 Å². The number of amides is 1. The predicted molar refractivity (Wildman–Crippen MR) is 111 cm³/mol. The summed E-state index contributed by atoms with van der Waals surface area (Å²) in [5.41, 5.74) is 5.85. The Labute approximate surface area is 169 Å². The fourth-order valence-corrected chi connectivity index (χ4v) is 2.56. The van der Waals surface area contributed by atoms with Crippen LogP contribution in [-0.2, 0) is 4.79 Å². The van der Waals surface area contributed by atoms with Crippen LogP contribution in [0.4, 0.5) is 0 Å². The third-order valence-corrected chi connectivity index (χ3v) is 4.07. The maximum Gasteiger partial charge on any atom is 0.277 e. The molecule has 3 aromatic carbocycles. The third kappa shape index (κ3) is 5.68. The molecule has 29 heavy (non-hydrogen) atoms. The topological polar surface area (TPSA) is 83.7 Å². The number of hydrogen-bond acceptors (Lipinski definition) is 5. The van der Waals surface area contributed by atoms with Gasteiger partial charge in [0.1, 0.15) is 11.5 Å². The van der Waals surface area contributed by atoms with E-state index in [0.717, 1.165) is 16.7 Å². The van der Waals surface area contributed by atoms with Gasteiger partial charge in [-0.2, -0.15) is 10.4 Å². The van der Waals surface area contributed by atoms with Crippen molar-refractivity contribution in [3.8, 4) is 28.7 Å². The third-order valence-electron chi connectivity index (χ3n) is 4.07. The van der Waals surface area contributed by atoms with Crippen LogP contribution >= 0.6 is 0 Å². The molecule has 6 heteroatoms. The van der Waals surface area contributed by atoms with E-state index in [1.165, 1.54) is 6.21 Å². The number of rotatable bonds is 7. The molecule has 0 unspecified atom stereocenters. The van der Waals surface area contributed by atoms with Crippen LogP contribution in [0.5, 0.6) is 11.5 Å². The van der Waals surface area contributed by atoms with E-state index in [1.54, 1.807) is 31.4 Å². The Balaban J connectivity index is 1.49. The lowest BCUT2D eigenvalue weighted by Gasteiger charge is -2.07. The van der Waals surface area contributed by atoms with E-state index in [0.29, 0.717) is 17.1 Å². The molecular weight excluding hydrogens is 366 g/mol. The standard InChI is InChI=1S/C23H19N3O3/c1-28-22-4-2-3-18(13-22)15-25-26-23(27)16-29-21-11-9-20(10-12-21)19-7-5-17(14-24)6-8-19/h2-13,15H,16H2,1H3,(H,26,27)/b25-15+. The molecule has 0 aromatic heterocycles.